The third-order valence-electron chi connectivity index (χ3n) is 5.34. The van der Waals surface area contributed by atoms with Crippen LogP contribution in [0.4, 0.5) is 0 Å². The van der Waals surface area contributed by atoms with Crippen LogP contribution in [0, 0.1) is 19.8 Å². The van der Waals surface area contributed by atoms with Gasteiger partial charge in [-0.2, -0.15) is 10.1 Å². The van der Waals surface area contributed by atoms with Gasteiger partial charge in [-0.15, -0.1) is 0 Å². The van der Waals surface area contributed by atoms with Crippen LogP contribution in [-0.2, 0) is 5.54 Å². The second kappa shape index (κ2) is 6.61. The Morgan fingerprint density at radius 1 is 1.40 bits per heavy atom. The Morgan fingerprint density at radius 3 is 2.60 bits per heavy atom. The molecule has 0 radical (unpaired) electrons. The van der Waals surface area contributed by atoms with E-state index in [1.807, 2.05) is 18.5 Å². The molecule has 136 valence electrons. The minimum Gasteiger partial charge on any atom is -0.340 e. The van der Waals surface area contributed by atoms with Crippen LogP contribution in [-0.4, -0.2) is 25.8 Å². The van der Waals surface area contributed by atoms with Gasteiger partial charge < -0.3 is 9.84 Å². The molecule has 1 aliphatic rings. The Labute approximate surface area is 148 Å². The first-order valence-electron chi connectivity index (χ1n) is 9.08. The molecule has 3 rings (SSSR count). The molecule has 1 fully saturated rings. The molecule has 2 aromatic heterocycles. The predicted octanol–water partition coefficient (Wildman–Crippen LogP) is 3.30. The van der Waals surface area contributed by atoms with Crippen molar-refractivity contribution >= 4 is 5.91 Å². The number of carbonyl (C=O) groups excluding carboxylic acids is 1. The molecule has 1 amide bonds. The van der Waals surface area contributed by atoms with Crippen molar-refractivity contribution in [2.75, 3.05) is 0 Å². The van der Waals surface area contributed by atoms with Gasteiger partial charge in [0, 0.05) is 12.6 Å². The molecule has 0 unspecified atom stereocenters. The second-order valence-electron chi connectivity index (χ2n) is 7.13. The van der Waals surface area contributed by atoms with E-state index in [9.17, 15) is 4.79 Å². The van der Waals surface area contributed by atoms with Gasteiger partial charge in [-0.1, -0.05) is 19.0 Å². The number of aromatic nitrogens is 4. The summed E-state index contributed by atoms with van der Waals surface area (Å²) in [5.74, 6) is 1.26. The van der Waals surface area contributed by atoms with E-state index < -0.39 is 5.54 Å². The van der Waals surface area contributed by atoms with Crippen LogP contribution in [0.5, 0.6) is 0 Å². The molecule has 7 nitrogen and oxygen atoms in total. The number of carbonyl (C=O) groups is 1. The van der Waals surface area contributed by atoms with Gasteiger partial charge in [-0.25, -0.2) is 0 Å². The normalized spacial score (nSPS) is 16.9. The summed E-state index contributed by atoms with van der Waals surface area (Å²) in [5, 5.41) is 11.7. The van der Waals surface area contributed by atoms with Gasteiger partial charge >= 0.3 is 0 Å². The highest BCUT2D eigenvalue weighted by molar-refractivity contribution is 5.95. The highest BCUT2D eigenvalue weighted by Gasteiger charge is 2.47. The monoisotopic (exact) mass is 345 g/mol. The fraction of sp³-hybridized carbons (Fsp3) is 0.667. The standard InChI is InChI=1S/C18H27N5O2/c1-6-14(7-2)23-11(3)15(10-19-23)16(24)21-18(5,13-8-9-13)17-20-12(4)25-22-17/h10,13-14H,6-9H2,1-5H3,(H,21,24)/t18-/m0/s1. The summed E-state index contributed by atoms with van der Waals surface area (Å²) in [4.78, 5) is 17.3. The summed E-state index contributed by atoms with van der Waals surface area (Å²) < 4.78 is 7.10. The molecule has 0 aliphatic heterocycles. The molecular weight excluding hydrogens is 318 g/mol. The molecule has 1 aliphatic carbocycles. The molecule has 2 aromatic rings. The number of nitrogens with one attached hydrogen (secondary N) is 1. The zero-order valence-corrected chi connectivity index (χ0v) is 15.7. The van der Waals surface area contributed by atoms with Crippen LogP contribution in [0.2, 0.25) is 0 Å². The lowest BCUT2D eigenvalue weighted by molar-refractivity contribution is 0.0884. The minimum absolute atomic E-state index is 0.133. The minimum atomic E-state index is -0.613. The molecule has 0 spiro atoms. The van der Waals surface area contributed by atoms with E-state index in [1.54, 1.807) is 13.1 Å². The van der Waals surface area contributed by atoms with Gasteiger partial charge in [0.2, 0.25) is 5.89 Å². The quantitative estimate of drug-likeness (QED) is 0.832. The Kier molecular flexibility index (Phi) is 4.67. The molecular formula is C18H27N5O2. The highest BCUT2D eigenvalue weighted by Crippen LogP contribution is 2.44. The lowest BCUT2D eigenvalue weighted by Crippen LogP contribution is -2.46. The number of hydrogen-bond acceptors (Lipinski definition) is 5. The second-order valence-corrected chi connectivity index (χ2v) is 7.13. The van der Waals surface area contributed by atoms with E-state index in [0.717, 1.165) is 31.4 Å². The Hall–Kier alpha value is -2.18. The maximum absolute atomic E-state index is 13.0. The summed E-state index contributed by atoms with van der Waals surface area (Å²) >= 11 is 0. The third-order valence-corrected chi connectivity index (χ3v) is 5.34. The molecule has 0 aromatic carbocycles. The lowest BCUT2D eigenvalue weighted by Gasteiger charge is -2.27. The number of amides is 1. The van der Waals surface area contributed by atoms with Crippen LogP contribution < -0.4 is 5.32 Å². The predicted molar refractivity (Wildman–Crippen MR) is 93.2 cm³/mol. The van der Waals surface area contributed by atoms with Crippen molar-refractivity contribution in [3.63, 3.8) is 0 Å². The number of rotatable bonds is 7. The van der Waals surface area contributed by atoms with Gasteiger partial charge in [0.1, 0.15) is 5.54 Å². The first kappa shape index (κ1) is 17.6. The van der Waals surface area contributed by atoms with E-state index in [1.165, 1.54) is 0 Å². The Bertz CT molecular complexity index is 757. The summed E-state index contributed by atoms with van der Waals surface area (Å²) in [6.07, 6.45) is 5.74. The van der Waals surface area contributed by atoms with Crippen LogP contribution in [0.1, 0.15) is 80.3 Å². The van der Waals surface area contributed by atoms with E-state index in [2.05, 4.69) is 34.4 Å². The average Bonchev–Trinajstić information content (AvgIpc) is 3.25. The fourth-order valence-electron chi connectivity index (χ4n) is 3.46. The maximum atomic E-state index is 13.0. The summed E-state index contributed by atoms with van der Waals surface area (Å²) in [7, 11) is 0. The number of aryl methyl sites for hydroxylation is 1. The largest absolute Gasteiger partial charge is 0.340 e. The van der Waals surface area contributed by atoms with Gasteiger partial charge in [-0.3, -0.25) is 9.48 Å². The van der Waals surface area contributed by atoms with Crippen molar-refractivity contribution in [3.05, 3.63) is 29.2 Å². The summed E-state index contributed by atoms with van der Waals surface area (Å²) in [5.41, 5.74) is 0.894. The van der Waals surface area contributed by atoms with Crippen LogP contribution >= 0.6 is 0 Å². The number of nitrogens with zero attached hydrogens (tertiary/aromatic N) is 4. The summed E-state index contributed by atoms with van der Waals surface area (Å²) in [6.45, 7) is 9.96. The molecule has 7 heteroatoms. The molecule has 0 bridgehead atoms. The van der Waals surface area contributed by atoms with Crippen molar-refractivity contribution in [3.8, 4) is 0 Å². The fourth-order valence-corrected chi connectivity index (χ4v) is 3.46. The van der Waals surface area contributed by atoms with Crippen LogP contribution in [0.3, 0.4) is 0 Å². The topological polar surface area (TPSA) is 85.8 Å². The van der Waals surface area contributed by atoms with E-state index in [0.29, 0.717) is 29.2 Å². The van der Waals surface area contributed by atoms with E-state index in [4.69, 9.17) is 4.52 Å². The molecule has 1 atom stereocenters. The van der Waals surface area contributed by atoms with E-state index >= 15 is 0 Å². The van der Waals surface area contributed by atoms with Crippen LogP contribution in [0.15, 0.2) is 10.7 Å². The summed E-state index contributed by atoms with van der Waals surface area (Å²) in [6, 6.07) is 0.316. The van der Waals surface area contributed by atoms with Gasteiger partial charge in [-0.05, 0) is 45.4 Å². The van der Waals surface area contributed by atoms with Gasteiger partial charge in [0.15, 0.2) is 5.82 Å². The molecule has 1 N–H and O–H groups in total. The molecule has 2 heterocycles. The smallest absolute Gasteiger partial charge is 0.255 e. The zero-order chi connectivity index (χ0) is 18.2. The average molecular weight is 345 g/mol. The Morgan fingerprint density at radius 2 is 2.08 bits per heavy atom. The van der Waals surface area contributed by atoms with Crippen molar-refractivity contribution in [2.45, 2.75) is 71.9 Å². The highest BCUT2D eigenvalue weighted by atomic mass is 16.5. The molecule has 1 saturated carbocycles. The van der Waals surface area contributed by atoms with E-state index in [-0.39, 0.29) is 5.91 Å². The van der Waals surface area contributed by atoms with Crippen molar-refractivity contribution in [1.29, 1.82) is 0 Å². The first-order valence-corrected chi connectivity index (χ1v) is 9.08. The SMILES string of the molecule is CCC(CC)n1ncc(C(=O)N[C@](C)(c2noc(C)n2)C2CC2)c1C. The van der Waals surface area contributed by atoms with Crippen molar-refractivity contribution in [2.24, 2.45) is 5.92 Å². The van der Waals surface area contributed by atoms with Crippen LogP contribution in [0.25, 0.3) is 0 Å². The van der Waals surface area contributed by atoms with Gasteiger partial charge in [0.25, 0.3) is 5.91 Å². The third kappa shape index (κ3) is 3.19. The van der Waals surface area contributed by atoms with Crippen molar-refractivity contribution in [1.82, 2.24) is 25.2 Å². The molecule has 0 saturated heterocycles. The Balaban J connectivity index is 1.86. The van der Waals surface area contributed by atoms with Crippen molar-refractivity contribution < 1.29 is 9.32 Å². The lowest BCUT2D eigenvalue weighted by atomic mass is 9.94. The van der Waals surface area contributed by atoms with Gasteiger partial charge in [0.05, 0.1) is 17.8 Å². The maximum Gasteiger partial charge on any atom is 0.255 e. The zero-order valence-electron chi connectivity index (χ0n) is 15.7. The molecule has 25 heavy (non-hydrogen) atoms. The first-order chi connectivity index (χ1) is 11.9. The number of hydrogen-bond donors (Lipinski definition) is 1.